The molecule has 1 saturated heterocycles. The van der Waals surface area contributed by atoms with Gasteiger partial charge in [-0.1, -0.05) is 52.9 Å². The van der Waals surface area contributed by atoms with E-state index in [4.69, 9.17) is 4.74 Å². The highest BCUT2D eigenvalue weighted by atomic mass is 16.5. The van der Waals surface area contributed by atoms with E-state index in [0.717, 1.165) is 32.7 Å². The van der Waals surface area contributed by atoms with Crippen molar-refractivity contribution in [2.75, 3.05) is 26.3 Å². The Hall–Kier alpha value is -0.520. The molecule has 0 aromatic heterocycles. The SMILES string of the molecule is CCCCCCC#CC(C)(N1CCOCC1)C(C)(C)C. The number of unbranched alkanes of at least 4 members (excludes halogenated alkanes) is 4. The van der Waals surface area contributed by atoms with Crippen LogP contribution < -0.4 is 0 Å². The van der Waals surface area contributed by atoms with E-state index in [1.807, 2.05) is 0 Å². The van der Waals surface area contributed by atoms with Crippen molar-refractivity contribution in [3.63, 3.8) is 0 Å². The van der Waals surface area contributed by atoms with E-state index < -0.39 is 0 Å². The van der Waals surface area contributed by atoms with Crippen molar-refractivity contribution in [1.82, 2.24) is 4.90 Å². The molecule has 20 heavy (non-hydrogen) atoms. The molecule has 1 atom stereocenters. The number of ether oxygens (including phenoxy) is 1. The van der Waals surface area contributed by atoms with Gasteiger partial charge in [0.1, 0.15) is 0 Å². The molecule has 1 aliphatic rings. The molecule has 2 nitrogen and oxygen atoms in total. The lowest BCUT2D eigenvalue weighted by molar-refractivity contribution is -0.0323. The van der Waals surface area contributed by atoms with Gasteiger partial charge in [0, 0.05) is 19.5 Å². The summed E-state index contributed by atoms with van der Waals surface area (Å²) >= 11 is 0. The Labute approximate surface area is 126 Å². The lowest BCUT2D eigenvalue weighted by Crippen LogP contribution is -2.57. The standard InChI is InChI=1S/C18H33NO/c1-6-7-8-9-10-11-12-18(5,17(2,3)4)19-13-15-20-16-14-19/h6-10,13-16H2,1-5H3. The number of morpholine rings is 1. The van der Waals surface area contributed by atoms with E-state index in [0.29, 0.717) is 0 Å². The maximum atomic E-state index is 5.49. The molecule has 1 aliphatic heterocycles. The number of rotatable bonds is 5. The minimum absolute atomic E-state index is 0.0540. The quantitative estimate of drug-likeness (QED) is 0.555. The molecule has 0 aliphatic carbocycles. The second kappa shape index (κ2) is 8.05. The highest BCUT2D eigenvalue weighted by molar-refractivity contribution is 5.21. The number of nitrogens with zero attached hydrogens (tertiary/aromatic N) is 1. The summed E-state index contributed by atoms with van der Waals surface area (Å²) in [6, 6.07) is 0. The number of hydrogen-bond donors (Lipinski definition) is 0. The smallest absolute Gasteiger partial charge is 0.0847 e. The predicted octanol–water partition coefficient (Wildman–Crippen LogP) is 4.10. The molecule has 0 saturated carbocycles. The lowest BCUT2D eigenvalue weighted by Gasteiger charge is -2.48. The van der Waals surface area contributed by atoms with Crippen LogP contribution in [0.15, 0.2) is 0 Å². The molecule has 1 rings (SSSR count). The predicted molar refractivity (Wildman–Crippen MR) is 86.8 cm³/mol. The summed E-state index contributed by atoms with van der Waals surface area (Å²) in [6.07, 6.45) is 6.22. The first-order valence-corrected chi connectivity index (χ1v) is 8.24. The van der Waals surface area contributed by atoms with E-state index in [9.17, 15) is 0 Å². The van der Waals surface area contributed by atoms with Gasteiger partial charge in [-0.05, 0) is 18.8 Å². The molecule has 1 heterocycles. The molecule has 0 spiro atoms. The molecule has 1 fully saturated rings. The molecular formula is C18H33NO. The molecule has 0 amide bonds. The van der Waals surface area contributed by atoms with Gasteiger partial charge in [-0.25, -0.2) is 0 Å². The summed E-state index contributed by atoms with van der Waals surface area (Å²) in [4.78, 5) is 2.51. The minimum atomic E-state index is -0.0540. The average molecular weight is 279 g/mol. The summed E-state index contributed by atoms with van der Waals surface area (Å²) in [5, 5.41) is 0. The van der Waals surface area contributed by atoms with Gasteiger partial charge in [-0.3, -0.25) is 4.90 Å². The van der Waals surface area contributed by atoms with Gasteiger partial charge in [0.15, 0.2) is 0 Å². The van der Waals surface area contributed by atoms with Crippen molar-refractivity contribution >= 4 is 0 Å². The van der Waals surface area contributed by atoms with Crippen molar-refractivity contribution < 1.29 is 4.74 Å². The maximum Gasteiger partial charge on any atom is 0.0847 e. The van der Waals surface area contributed by atoms with Crippen LogP contribution in [0, 0.1) is 17.3 Å². The van der Waals surface area contributed by atoms with Crippen molar-refractivity contribution in [1.29, 1.82) is 0 Å². The molecule has 2 heteroatoms. The fourth-order valence-corrected chi connectivity index (χ4v) is 2.63. The molecule has 0 aromatic carbocycles. The van der Waals surface area contributed by atoms with Gasteiger partial charge in [-0.15, -0.1) is 5.92 Å². The van der Waals surface area contributed by atoms with Gasteiger partial charge < -0.3 is 4.74 Å². The van der Waals surface area contributed by atoms with E-state index in [-0.39, 0.29) is 11.0 Å². The molecule has 1 unspecified atom stereocenters. The van der Waals surface area contributed by atoms with Gasteiger partial charge in [0.2, 0.25) is 0 Å². The van der Waals surface area contributed by atoms with Crippen molar-refractivity contribution in [3.05, 3.63) is 0 Å². The van der Waals surface area contributed by atoms with Crippen LogP contribution in [0.25, 0.3) is 0 Å². The molecule has 116 valence electrons. The van der Waals surface area contributed by atoms with E-state index in [2.05, 4.69) is 51.4 Å². The van der Waals surface area contributed by atoms with Crippen LogP contribution in [0.4, 0.5) is 0 Å². The summed E-state index contributed by atoms with van der Waals surface area (Å²) in [5.41, 5.74) is 0.0995. The molecule has 0 N–H and O–H groups in total. The third kappa shape index (κ3) is 4.79. The first kappa shape index (κ1) is 17.5. The molecule has 0 aromatic rings. The Morgan fingerprint density at radius 1 is 1.00 bits per heavy atom. The summed E-state index contributed by atoms with van der Waals surface area (Å²) in [6.45, 7) is 15.1. The van der Waals surface area contributed by atoms with Gasteiger partial charge >= 0.3 is 0 Å². The lowest BCUT2D eigenvalue weighted by atomic mass is 9.73. The van der Waals surface area contributed by atoms with Crippen LogP contribution in [0.1, 0.15) is 66.7 Å². The van der Waals surface area contributed by atoms with Crippen molar-refractivity contribution in [3.8, 4) is 11.8 Å². The van der Waals surface area contributed by atoms with Crippen LogP contribution in [0.2, 0.25) is 0 Å². The molecular weight excluding hydrogens is 246 g/mol. The van der Waals surface area contributed by atoms with Crippen molar-refractivity contribution in [2.45, 2.75) is 72.3 Å². The topological polar surface area (TPSA) is 12.5 Å². The minimum Gasteiger partial charge on any atom is -0.379 e. The van der Waals surface area contributed by atoms with Crippen LogP contribution >= 0.6 is 0 Å². The first-order chi connectivity index (χ1) is 9.42. The van der Waals surface area contributed by atoms with E-state index in [1.54, 1.807) is 0 Å². The van der Waals surface area contributed by atoms with Crippen LogP contribution in [0.3, 0.4) is 0 Å². The van der Waals surface area contributed by atoms with Gasteiger partial charge in [-0.2, -0.15) is 0 Å². The Morgan fingerprint density at radius 2 is 1.65 bits per heavy atom. The first-order valence-electron chi connectivity index (χ1n) is 8.24. The average Bonchev–Trinajstić information content (AvgIpc) is 2.42. The Kier molecular flexibility index (Phi) is 7.06. The second-order valence-electron chi connectivity index (χ2n) is 7.03. The van der Waals surface area contributed by atoms with Gasteiger partial charge in [0.05, 0.1) is 18.8 Å². The normalized spacial score (nSPS) is 20.1. The summed E-state index contributed by atoms with van der Waals surface area (Å²) in [5.74, 6) is 7.06. The number of hydrogen-bond acceptors (Lipinski definition) is 2. The van der Waals surface area contributed by atoms with E-state index >= 15 is 0 Å². The van der Waals surface area contributed by atoms with Crippen LogP contribution in [0.5, 0.6) is 0 Å². The zero-order chi connectivity index (χ0) is 15.1. The fourth-order valence-electron chi connectivity index (χ4n) is 2.63. The van der Waals surface area contributed by atoms with E-state index in [1.165, 1.54) is 25.7 Å². The Bertz CT molecular complexity index is 328. The zero-order valence-electron chi connectivity index (χ0n) is 14.2. The second-order valence-corrected chi connectivity index (χ2v) is 7.03. The third-order valence-electron chi connectivity index (χ3n) is 4.59. The van der Waals surface area contributed by atoms with Crippen LogP contribution in [-0.2, 0) is 4.74 Å². The largest absolute Gasteiger partial charge is 0.379 e. The highest BCUT2D eigenvalue weighted by Crippen LogP contribution is 2.35. The Morgan fingerprint density at radius 3 is 2.20 bits per heavy atom. The zero-order valence-corrected chi connectivity index (χ0v) is 14.2. The summed E-state index contributed by atoms with van der Waals surface area (Å²) in [7, 11) is 0. The Balaban J connectivity index is 2.66. The monoisotopic (exact) mass is 279 g/mol. The maximum absolute atomic E-state index is 5.49. The summed E-state index contributed by atoms with van der Waals surface area (Å²) < 4.78 is 5.49. The van der Waals surface area contributed by atoms with Crippen LogP contribution in [-0.4, -0.2) is 36.7 Å². The molecule has 0 radical (unpaired) electrons. The van der Waals surface area contributed by atoms with Crippen molar-refractivity contribution in [2.24, 2.45) is 5.41 Å². The third-order valence-corrected chi connectivity index (χ3v) is 4.59. The molecule has 0 bridgehead atoms. The highest BCUT2D eigenvalue weighted by Gasteiger charge is 2.41. The van der Waals surface area contributed by atoms with Gasteiger partial charge in [0.25, 0.3) is 0 Å². The fraction of sp³-hybridized carbons (Fsp3) is 0.889.